The van der Waals surface area contributed by atoms with Crippen LogP contribution in [0, 0.1) is 15.9 Å². The SMILES string of the molecule is C=CCC(C)(C=O)c1cc([N+](=O)[O-])ccc1F. The molecule has 0 aromatic heterocycles. The topological polar surface area (TPSA) is 60.2 Å². The summed E-state index contributed by atoms with van der Waals surface area (Å²) >= 11 is 0. The van der Waals surface area contributed by atoms with E-state index in [0.29, 0.717) is 6.29 Å². The van der Waals surface area contributed by atoms with Crippen molar-refractivity contribution in [3.05, 3.63) is 52.3 Å². The number of halogens is 1. The second-order valence-corrected chi connectivity index (χ2v) is 3.95. The molecule has 17 heavy (non-hydrogen) atoms. The molecule has 90 valence electrons. The summed E-state index contributed by atoms with van der Waals surface area (Å²) in [5, 5.41) is 10.6. The van der Waals surface area contributed by atoms with Crippen LogP contribution in [0.3, 0.4) is 0 Å². The molecule has 0 aliphatic carbocycles. The van der Waals surface area contributed by atoms with Crippen LogP contribution in [0.1, 0.15) is 18.9 Å². The molecule has 1 aromatic carbocycles. The third-order valence-electron chi connectivity index (χ3n) is 2.60. The Hall–Kier alpha value is -2.04. The number of hydrogen-bond donors (Lipinski definition) is 0. The Morgan fingerprint density at radius 3 is 2.71 bits per heavy atom. The van der Waals surface area contributed by atoms with Gasteiger partial charge < -0.3 is 4.79 Å². The zero-order valence-electron chi connectivity index (χ0n) is 9.35. The third kappa shape index (κ3) is 2.55. The predicted molar refractivity (Wildman–Crippen MR) is 61.3 cm³/mol. The minimum atomic E-state index is -1.13. The maximum atomic E-state index is 13.6. The lowest BCUT2D eigenvalue weighted by atomic mass is 9.80. The van der Waals surface area contributed by atoms with Crippen LogP contribution >= 0.6 is 0 Å². The van der Waals surface area contributed by atoms with E-state index in [0.717, 1.165) is 18.2 Å². The number of non-ortho nitro benzene ring substituents is 1. The number of benzene rings is 1. The van der Waals surface area contributed by atoms with Gasteiger partial charge in [-0.25, -0.2) is 4.39 Å². The Kier molecular flexibility index (Phi) is 3.73. The summed E-state index contributed by atoms with van der Waals surface area (Å²) < 4.78 is 13.6. The van der Waals surface area contributed by atoms with Crippen molar-refractivity contribution < 1.29 is 14.1 Å². The number of hydrogen-bond acceptors (Lipinski definition) is 3. The highest BCUT2D eigenvalue weighted by Crippen LogP contribution is 2.30. The van der Waals surface area contributed by atoms with Gasteiger partial charge in [-0.15, -0.1) is 6.58 Å². The monoisotopic (exact) mass is 237 g/mol. The second kappa shape index (κ2) is 4.86. The fourth-order valence-electron chi connectivity index (χ4n) is 1.59. The molecule has 0 N–H and O–H groups in total. The molecule has 1 aromatic rings. The number of aldehydes is 1. The van der Waals surface area contributed by atoms with Crippen LogP contribution in [0.2, 0.25) is 0 Å². The molecule has 0 bridgehead atoms. The quantitative estimate of drug-likeness (QED) is 0.342. The van der Waals surface area contributed by atoms with Crippen molar-refractivity contribution in [3.8, 4) is 0 Å². The summed E-state index contributed by atoms with van der Waals surface area (Å²) in [5.41, 5.74) is -1.35. The van der Waals surface area contributed by atoms with Crippen LogP contribution in [0.5, 0.6) is 0 Å². The van der Waals surface area contributed by atoms with Crippen molar-refractivity contribution in [3.63, 3.8) is 0 Å². The Morgan fingerprint density at radius 1 is 1.59 bits per heavy atom. The van der Waals surface area contributed by atoms with E-state index < -0.39 is 16.2 Å². The average molecular weight is 237 g/mol. The number of allylic oxidation sites excluding steroid dienone is 1. The average Bonchev–Trinajstić information content (AvgIpc) is 2.29. The Morgan fingerprint density at radius 2 is 2.24 bits per heavy atom. The summed E-state index contributed by atoms with van der Waals surface area (Å²) in [5.74, 6) is -0.632. The molecule has 0 heterocycles. The van der Waals surface area contributed by atoms with Crippen LogP contribution in [-0.2, 0) is 10.2 Å². The van der Waals surface area contributed by atoms with Crippen molar-refractivity contribution in [2.75, 3.05) is 0 Å². The van der Waals surface area contributed by atoms with E-state index in [1.807, 2.05) is 0 Å². The van der Waals surface area contributed by atoms with Gasteiger partial charge in [0, 0.05) is 17.7 Å². The number of nitro groups is 1. The van der Waals surface area contributed by atoms with E-state index in [-0.39, 0.29) is 17.7 Å². The van der Waals surface area contributed by atoms with Gasteiger partial charge in [-0.2, -0.15) is 0 Å². The molecule has 0 fully saturated rings. The van der Waals surface area contributed by atoms with Gasteiger partial charge in [0.15, 0.2) is 0 Å². The largest absolute Gasteiger partial charge is 0.302 e. The highest BCUT2D eigenvalue weighted by Gasteiger charge is 2.29. The zero-order chi connectivity index (χ0) is 13.1. The van der Waals surface area contributed by atoms with Gasteiger partial charge in [-0.05, 0) is 19.4 Å². The Labute approximate surface area is 97.9 Å². The molecule has 1 rings (SSSR count). The molecule has 0 aliphatic rings. The number of nitrogens with zero attached hydrogens (tertiary/aromatic N) is 1. The van der Waals surface area contributed by atoms with Crippen molar-refractivity contribution in [1.82, 2.24) is 0 Å². The van der Waals surface area contributed by atoms with E-state index >= 15 is 0 Å². The van der Waals surface area contributed by atoms with Crippen molar-refractivity contribution in [1.29, 1.82) is 0 Å². The summed E-state index contributed by atoms with van der Waals surface area (Å²) in [4.78, 5) is 21.1. The third-order valence-corrected chi connectivity index (χ3v) is 2.60. The summed E-state index contributed by atoms with van der Waals surface area (Å²) in [7, 11) is 0. The molecule has 5 heteroatoms. The van der Waals surface area contributed by atoms with Gasteiger partial charge in [0.1, 0.15) is 12.1 Å². The fraction of sp³-hybridized carbons (Fsp3) is 0.250. The van der Waals surface area contributed by atoms with Crippen LogP contribution in [-0.4, -0.2) is 11.2 Å². The Bertz CT molecular complexity index is 473. The smallest absolute Gasteiger partial charge is 0.269 e. The highest BCUT2D eigenvalue weighted by molar-refractivity contribution is 5.69. The normalized spacial score (nSPS) is 13.8. The lowest BCUT2D eigenvalue weighted by Gasteiger charge is -2.22. The lowest BCUT2D eigenvalue weighted by molar-refractivity contribution is -0.385. The first-order valence-corrected chi connectivity index (χ1v) is 4.96. The molecular formula is C12H12FNO3. The van der Waals surface area contributed by atoms with E-state index in [2.05, 4.69) is 6.58 Å². The van der Waals surface area contributed by atoms with Crippen molar-refractivity contribution in [2.24, 2.45) is 0 Å². The Balaban J connectivity index is 3.36. The molecule has 0 amide bonds. The van der Waals surface area contributed by atoms with Gasteiger partial charge in [0.05, 0.1) is 10.3 Å². The van der Waals surface area contributed by atoms with E-state index in [9.17, 15) is 19.3 Å². The molecule has 0 spiro atoms. The van der Waals surface area contributed by atoms with E-state index in [4.69, 9.17) is 0 Å². The summed E-state index contributed by atoms with van der Waals surface area (Å²) in [6, 6.07) is 3.16. The molecule has 1 unspecified atom stereocenters. The first-order valence-electron chi connectivity index (χ1n) is 4.96. The number of nitro benzene ring substituents is 1. The standard InChI is InChI=1S/C12H12FNO3/c1-3-6-12(2,8-15)10-7-9(14(16)17)4-5-11(10)13/h3-5,7-8H,1,6H2,2H3. The highest BCUT2D eigenvalue weighted by atomic mass is 19.1. The first kappa shape index (κ1) is 13.0. The van der Waals surface area contributed by atoms with E-state index in [1.54, 1.807) is 0 Å². The molecule has 1 atom stereocenters. The maximum Gasteiger partial charge on any atom is 0.269 e. The second-order valence-electron chi connectivity index (χ2n) is 3.95. The van der Waals surface area contributed by atoms with Crippen molar-refractivity contribution in [2.45, 2.75) is 18.8 Å². The van der Waals surface area contributed by atoms with Crippen LogP contribution in [0.15, 0.2) is 30.9 Å². The zero-order valence-corrected chi connectivity index (χ0v) is 9.35. The minimum Gasteiger partial charge on any atom is -0.302 e. The maximum absolute atomic E-state index is 13.6. The minimum absolute atomic E-state index is 0.0154. The molecule has 0 radical (unpaired) electrons. The summed E-state index contributed by atoms with van der Waals surface area (Å²) in [6.45, 7) is 5.01. The van der Waals surface area contributed by atoms with Gasteiger partial charge in [0.2, 0.25) is 0 Å². The van der Waals surface area contributed by atoms with Crippen LogP contribution in [0.4, 0.5) is 10.1 Å². The van der Waals surface area contributed by atoms with Gasteiger partial charge in [0.25, 0.3) is 5.69 Å². The molecule has 4 nitrogen and oxygen atoms in total. The van der Waals surface area contributed by atoms with Gasteiger partial charge >= 0.3 is 0 Å². The van der Waals surface area contributed by atoms with Crippen LogP contribution in [0.25, 0.3) is 0 Å². The fourth-order valence-corrected chi connectivity index (χ4v) is 1.59. The van der Waals surface area contributed by atoms with Crippen molar-refractivity contribution >= 4 is 12.0 Å². The molecule has 0 aliphatic heterocycles. The lowest BCUT2D eigenvalue weighted by Crippen LogP contribution is -2.24. The van der Waals surface area contributed by atoms with Crippen LogP contribution < -0.4 is 0 Å². The van der Waals surface area contributed by atoms with Gasteiger partial charge in [-0.3, -0.25) is 10.1 Å². The molecule has 0 saturated carbocycles. The molecule has 0 saturated heterocycles. The predicted octanol–water partition coefficient (Wildman–Crippen LogP) is 2.77. The summed E-state index contributed by atoms with van der Waals surface area (Å²) in [6.07, 6.45) is 2.28. The van der Waals surface area contributed by atoms with Gasteiger partial charge in [-0.1, -0.05) is 6.08 Å². The molecular weight excluding hydrogens is 225 g/mol. The number of carbonyl (C=O) groups is 1. The number of carbonyl (C=O) groups excluding carboxylic acids is 1. The number of rotatable bonds is 5. The van der Waals surface area contributed by atoms with E-state index in [1.165, 1.54) is 13.0 Å². The first-order chi connectivity index (χ1) is 7.94.